The molecule has 0 aromatic heterocycles. The van der Waals surface area contributed by atoms with Gasteiger partial charge in [-0.15, -0.1) is 0 Å². The molecule has 0 aromatic carbocycles. The minimum Gasteiger partial charge on any atom is -0.342 e. The summed E-state index contributed by atoms with van der Waals surface area (Å²) in [5.74, 6) is 0.679. The Bertz CT molecular complexity index is 181. The monoisotopic (exact) mass is 182 g/mol. The zero-order valence-corrected chi connectivity index (χ0v) is 8.09. The standard InChI is InChI=1S/C10H18N2O/c13-10(9-7-11-8-9)12-5-3-1-2-4-6-12/h9,11H,1-8H2. The number of nitrogens with one attached hydrogen (secondary N) is 1. The van der Waals surface area contributed by atoms with Crippen LogP contribution in [0.25, 0.3) is 0 Å². The molecule has 2 aliphatic heterocycles. The summed E-state index contributed by atoms with van der Waals surface area (Å²) >= 11 is 0. The summed E-state index contributed by atoms with van der Waals surface area (Å²) in [7, 11) is 0. The smallest absolute Gasteiger partial charge is 0.228 e. The molecule has 1 N–H and O–H groups in total. The summed E-state index contributed by atoms with van der Waals surface area (Å²) in [4.78, 5) is 13.9. The second-order valence-corrected chi connectivity index (χ2v) is 4.09. The minimum absolute atomic E-state index is 0.290. The minimum atomic E-state index is 0.290. The van der Waals surface area contributed by atoms with Gasteiger partial charge in [-0.05, 0) is 12.8 Å². The molecule has 0 radical (unpaired) electrons. The van der Waals surface area contributed by atoms with E-state index < -0.39 is 0 Å². The zero-order valence-electron chi connectivity index (χ0n) is 8.09. The quantitative estimate of drug-likeness (QED) is 0.644. The Morgan fingerprint density at radius 2 is 1.69 bits per heavy atom. The molecule has 0 aromatic rings. The highest BCUT2D eigenvalue weighted by molar-refractivity contribution is 5.80. The average molecular weight is 182 g/mol. The molecule has 74 valence electrons. The van der Waals surface area contributed by atoms with Gasteiger partial charge in [0.1, 0.15) is 0 Å². The van der Waals surface area contributed by atoms with Gasteiger partial charge in [0.25, 0.3) is 0 Å². The van der Waals surface area contributed by atoms with Crippen LogP contribution in [-0.4, -0.2) is 37.0 Å². The molecule has 0 atom stereocenters. The van der Waals surface area contributed by atoms with Crippen LogP contribution in [0.2, 0.25) is 0 Å². The molecule has 3 nitrogen and oxygen atoms in total. The molecule has 0 unspecified atom stereocenters. The highest BCUT2D eigenvalue weighted by Gasteiger charge is 2.29. The fourth-order valence-electron chi connectivity index (χ4n) is 2.01. The van der Waals surface area contributed by atoms with E-state index in [1.807, 2.05) is 0 Å². The largest absolute Gasteiger partial charge is 0.342 e. The molecular weight excluding hydrogens is 164 g/mol. The first-order valence-corrected chi connectivity index (χ1v) is 5.37. The first kappa shape index (κ1) is 9.00. The molecule has 0 bridgehead atoms. The summed E-state index contributed by atoms with van der Waals surface area (Å²) in [6.45, 7) is 3.79. The van der Waals surface area contributed by atoms with Crippen LogP contribution in [0.5, 0.6) is 0 Å². The molecule has 2 heterocycles. The van der Waals surface area contributed by atoms with Crippen molar-refractivity contribution in [3.8, 4) is 0 Å². The Labute approximate surface area is 79.5 Å². The van der Waals surface area contributed by atoms with Crippen molar-refractivity contribution >= 4 is 5.91 Å². The summed E-state index contributed by atoms with van der Waals surface area (Å²) in [6, 6.07) is 0. The van der Waals surface area contributed by atoms with E-state index in [9.17, 15) is 4.79 Å². The van der Waals surface area contributed by atoms with Gasteiger partial charge in [0.2, 0.25) is 5.91 Å². The molecule has 2 saturated heterocycles. The predicted molar refractivity (Wildman–Crippen MR) is 51.4 cm³/mol. The number of rotatable bonds is 1. The van der Waals surface area contributed by atoms with Gasteiger partial charge in [0.15, 0.2) is 0 Å². The summed E-state index contributed by atoms with van der Waals surface area (Å²) in [5.41, 5.74) is 0. The molecule has 3 heteroatoms. The highest BCUT2D eigenvalue weighted by atomic mass is 16.2. The van der Waals surface area contributed by atoms with Gasteiger partial charge >= 0.3 is 0 Å². The van der Waals surface area contributed by atoms with Crippen LogP contribution in [0.4, 0.5) is 0 Å². The Hall–Kier alpha value is -0.570. The normalized spacial score (nSPS) is 25.1. The summed E-state index contributed by atoms with van der Waals surface area (Å²) < 4.78 is 0. The number of amides is 1. The van der Waals surface area contributed by atoms with Crippen LogP contribution >= 0.6 is 0 Å². The molecular formula is C10H18N2O. The first-order valence-electron chi connectivity index (χ1n) is 5.37. The molecule has 13 heavy (non-hydrogen) atoms. The number of likely N-dealkylation sites (tertiary alicyclic amines) is 1. The summed E-state index contributed by atoms with van der Waals surface area (Å²) in [6.07, 6.45) is 5.00. The SMILES string of the molecule is O=C(C1CNC1)N1CCCCCC1. The van der Waals surface area contributed by atoms with Gasteiger partial charge in [0.05, 0.1) is 5.92 Å². The van der Waals surface area contributed by atoms with Crippen LogP contribution < -0.4 is 5.32 Å². The lowest BCUT2D eigenvalue weighted by Crippen LogP contribution is -2.52. The van der Waals surface area contributed by atoms with Crippen LogP contribution in [0.1, 0.15) is 25.7 Å². The van der Waals surface area contributed by atoms with Gasteiger partial charge in [-0.25, -0.2) is 0 Å². The fraction of sp³-hybridized carbons (Fsp3) is 0.900. The van der Waals surface area contributed by atoms with E-state index in [0.717, 1.165) is 26.2 Å². The van der Waals surface area contributed by atoms with E-state index in [0.29, 0.717) is 5.91 Å². The van der Waals surface area contributed by atoms with Gasteiger partial charge < -0.3 is 10.2 Å². The lowest BCUT2D eigenvalue weighted by molar-refractivity contribution is -0.137. The lowest BCUT2D eigenvalue weighted by atomic mass is 10.0. The topological polar surface area (TPSA) is 32.3 Å². The Balaban J connectivity index is 1.85. The maximum Gasteiger partial charge on any atom is 0.228 e. The Morgan fingerprint density at radius 3 is 2.15 bits per heavy atom. The van der Waals surface area contributed by atoms with Crippen molar-refractivity contribution in [2.75, 3.05) is 26.2 Å². The van der Waals surface area contributed by atoms with Crippen molar-refractivity contribution in [1.29, 1.82) is 0 Å². The molecule has 0 spiro atoms. The third-order valence-electron chi connectivity index (χ3n) is 3.05. The third-order valence-corrected chi connectivity index (χ3v) is 3.05. The highest BCUT2D eigenvalue weighted by Crippen LogP contribution is 2.14. The molecule has 2 aliphatic rings. The van der Waals surface area contributed by atoms with E-state index in [2.05, 4.69) is 10.2 Å². The van der Waals surface area contributed by atoms with Crippen LogP contribution in [0.3, 0.4) is 0 Å². The number of hydrogen-bond acceptors (Lipinski definition) is 2. The van der Waals surface area contributed by atoms with Crippen molar-refractivity contribution < 1.29 is 4.79 Å². The van der Waals surface area contributed by atoms with Gasteiger partial charge in [-0.3, -0.25) is 4.79 Å². The molecule has 2 fully saturated rings. The third kappa shape index (κ3) is 2.02. The number of carbonyl (C=O) groups is 1. The number of hydrogen-bond donors (Lipinski definition) is 1. The van der Waals surface area contributed by atoms with E-state index >= 15 is 0 Å². The zero-order chi connectivity index (χ0) is 9.10. The van der Waals surface area contributed by atoms with Crippen molar-refractivity contribution in [3.05, 3.63) is 0 Å². The second kappa shape index (κ2) is 4.09. The molecule has 0 saturated carbocycles. The average Bonchev–Trinajstić information content (AvgIpc) is 2.27. The van der Waals surface area contributed by atoms with Crippen LogP contribution in [0, 0.1) is 5.92 Å². The van der Waals surface area contributed by atoms with Crippen LogP contribution in [0.15, 0.2) is 0 Å². The summed E-state index contributed by atoms with van der Waals surface area (Å²) in [5, 5.41) is 3.15. The van der Waals surface area contributed by atoms with Crippen molar-refractivity contribution in [2.45, 2.75) is 25.7 Å². The molecule has 2 rings (SSSR count). The Morgan fingerprint density at radius 1 is 1.08 bits per heavy atom. The van der Waals surface area contributed by atoms with E-state index in [1.54, 1.807) is 0 Å². The predicted octanol–water partition coefficient (Wildman–Crippen LogP) is 0.608. The molecule has 1 amide bonds. The maximum atomic E-state index is 11.8. The van der Waals surface area contributed by atoms with Crippen molar-refractivity contribution in [1.82, 2.24) is 10.2 Å². The van der Waals surface area contributed by atoms with Crippen LogP contribution in [-0.2, 0) is 4.79 Å². The lowest BCUT2D eigenvalue weighted by Gasteiger charge is -2.31. The van der Waals surface area contributed by atoms with Gasteiger partial charge in [-0.2, -0.15) is 0 Å². The fourth-order valence-corrected chi connectivity index (χ4v) is 2.01. The number of nitrogens with zero attached hydrogens (tertiary/aromatic N) is 1. The first-order chi connectivity index (χ1) is 6.38. The van der Waals surface area contributed by atoms with Crippen molar-refractivity contribution in [3.63, 3.8) is 0 Å². The second-order valence-electron chi connectivity index (χ2n) is 4.09. The maximum absolute atomic E-state index is 11.8. The Kier molecular flexibility index (Phi) is 2.83. The molecule has 0 aliphatic carbocycles. The van der Waals surface area contributed by atoms with E-state index in [4.69, 9.17) is 0 Å². The van der Waals surface area contributed by atoms with Gasteiger partial charge in [0, 0.05) is 26.2 Å². The number of carbonyl (C=O) groups excluding carboxylic acids is 1. The van der Waals surface area contributed by atoms with E-state index in [1.165, 1.54) is 25.7 Å². The van der Waals surface area contributed by atoms with Crippen molar-refractivity contribution in [2.24, 2.45) is 5.92 Å². The van der Waals surface area contributed by atoms with E-state index in [-0.39, 0.29) is 5.92 Å². The van der Waals surface area contributed by atoms with Gasteiger partial charge in [-0.1, -0.05) is 12.8 Å².